The molecular formula is C51H74N6O7. The van der Waals surface area contributed by atoms with E-state index in [4.69, 9.17) is 5.11 Å². The smallest absolute Gasteiger partial charge is 0.173 e. The Morgan fingerprint density at radius 1 is 0.578 bits per heavy atom. The van der Waals surface area contributed by atoms with Gasteiger partial charge in [0.2, 0.25) is 0 Å². The molecule has 3 aromatic heterocycles. The first-order valence-electron chi connectivity index (χ1n) is 22.6. The predicted molar refractivity (Wildman–Crippen MR) is 241 cm³/mol. The Kier molecular flexibility index (Phi) is 22.2. The number of carboxylic acids is 3. The maximum absolute atomic E-state index is 10.1. The molecule has 350 valence electrons. The van der Waals surface area contributed by atoms with E-state index >= 15 is 0 Å². The molecule has 0 aliphatic carbocycles. The first kappa shape index (κ1) is 53.3. The van der Waals surface area contributed by atoms with Crippen molar-refractivity contribution in [3.8, 4) is 0 Å². The molecule has 13 heteroatoms. The van der Waals surface area contributed by atoms with Crippen molar-refractivity contribution in [1.82, 2.24) is 14.7 Å². The molecule has 0 saturated carbocycles. The second-order valence-electron chi connectivity index (χ2n) is 18.2. The minimum atomic E-state index is -2.97. The standard InChI is InChI=1S/3C15H23N2.C6H8O7/c3*1-13(2)8-11-17-10-4-6-14(12-17)15-7-5-9-16(15)3;7-3(8)1-6(13,5(11)12)2-4(9)10/h3*4,6,8,10,12,15H,5,7,9,11H2,1-3H3;13H,1-2H2,(H,7,8)(H,9,10)(H,11,12)/q3*+1;/p-3/t3*15-;/m000./s1. The molecule has 6 rings (SSSR count). The molecule has 6 heterocycles. The Hall–Kier alpha value is -5.08. The lowest BCUT2D eigenvalue weighted by molar-refractivity contribution is -0.687. The van der Waals surface area contributed by atoms with Crippen molar-refractivity contribution in [2.24, 2.45) is 0 Å². The number of carbonyl (C=O) groups is 3. The van der Waals surface area contributed by atoms with Gasteiger partial charge in [0.25, 0.3) is 0 Å². The van der Waals surface area contributed by atoms with Crippen LogP contribution in [0.15, 0.2) is 109 Å². The first-order chi connectivity index (χ1) is 30.3. The summed E-state index contributed by atoms with van der Waals surface area (Å²) in [5, 5.41) is 38.9. The zero-order valence-electron chi connectivity index (χ0n) is 39.9. The number of aromatic nitrogens is 3. The summed E-state index contributed by atoms with van der Waals surface area (Å²) in [6.07, 6.45) is 25.3. The molecule has 3 aliphatic heterocycles. The number of carbonyl (C=O) groups excluding carboxylic acids is 3. The fraction of sp³-hybridized carbons (Fsp3) is 0.529. The largest absolute Gasteiger partial charge is 0.550 e. The molecule has 13 nitrogen and oxygen atoms in total. The summed E-state index contributed by atoms with van der Waals surface area (Å²) in [5.74, 6) is -5.98. The summed E-state index contributed by atoms with van der Waals surface area (Å²) in [4.78, 5) is 37.4. The van der Waals surface area contributed by atoms with Crippen LogP contribution in [0.5, 0.6) is 0 Å². The molecule has 0 amide bonds. The van der Waals surface area contributed by atoms with Crippen molar-refractivity contribution >= 4 is 17.9 Å². The van der Waals surface area contributed by atoms with Gasteiger partial charge >= 0.3 is 0 Å². The van der Waals surface area contributed by atoms with Gasteiger partial charge in [-0.1, -0.05) is 16.7 Å². The van der Waals surface area contributed by atoms with Gasteiger partial charge in [0.15, 0.2) is 56.8 Å². The highest BCUT2D eigenvalue weighted by Crippen LogP contribution is 2.31. The third-order valence-electron chi connectivity index (χ3n) is 11.7. The van der Waals surface area contributed by atoms with Crippen molar-refractivity contribution in [3.05, 3.63) is 125 Å². The second kappa shape index (κ2) is 26.6. The van der Waals surface area contributed by atoms with Gasteiger partial charge < -0.3 is 34.8 Å². The molecule has 3 aromatic rings. The molecule has 0 bridgehead atoms. The normalized spacial score (nSPS) is 18.6. The number of aliphatic carboxylic acids is 3. The number of pyridine rings is 3. The van der Waals surface area contributed by atoms with Gasteiger partial charge in [0.1, 0.15) is 5.60 Å². The van der Waals surface area contributed by atoms with Crippen LogP contribution in [0.4, 0.5) is 0 Å². The minimum absolute atomic E-state index is 0.620. The summed E-state index contributed by atoms with van der Waals surface area (Å²) in [5.41, 5.74) is 5.51. The highest BCUT2D eigenvalue weighted by molar-refractivity contribution is 5.86. The van der Waals surface area contributed by atoms with Crippen LogP contribution in [-0.4, -0.2) is 84.1 Å². The Morgan fingerprint density at radius 2 is 0.859 bits per heavy atom. The molecule has 0 aromatic carbocycles. The number of hydrogen-bond donors (Lipinski definition) is 1. The van der Waals surface area contributed by atoms with E-state index in [1.807, 2.05) is 0 Å². The van der Waals surface area contributed by atoms with Gasteiger partial charge in [-0.3, -0.25) is 14.7 Å². The van der Waals surface area contributed by atoms with Crippen LogP contribution in [-0.2, 0) is 34.0 Å². The van der Waals surface area contributed by atoms with Crippen LogP contribution < -0.4 is 29.0 Å². The van der Waals surface area contributed by atoms with Gasteiger partial charge in [-0.05, 0) is 157 Å². The number of carboxylic acid groups (broad SMARTS) is 3. The third-order valence-corrected chi connectivity index (χ3v) is 11.7. The Morgan fingerprint density at radius 3 is 1.06 bits per heavy atom. The van der Waals surface area contributed by atoms with Crippen LogP contribution in [0.1, 0.15) is 128 Å². The number of aliphatic hydroxyl groups is 1. The molecule has 3 fully saturated rings. The zero-order valence-corrected chi connectivity index (χ0v) is 39.9. The fourth-order valence-electron chi connectivity index (χ4n) is 8.10. The van der Waals surface area contributed by atoms with Gasteiger partial charge in [-0.2, -0.15) is 0 Å². The molecule has 0 unspecified atom stereocenters. The van der Waals surface area contributed by atoms with Crippen molar-refractivity contribution in [3.63, 3.8) is 0 Å². The van der Waals surface area contributed by atoms with E-state index < -0.39 is 36.4 Å². The zero-order chi connectivity index (χ0) is 47.4. The second-order valence-corrected chi connectivity index (χ2v) is 18.2. The van der Waals surface area contributed by atoms with Crippen LogP contribution in [0.25, 0.3) is 0 Å². The van der Waals surface area contributed by atoms with E-state index in [1.54, 1.807) is 0 Å². The van der Waals surface area contributed by atoms with Crippen molar-refractivity contribution in [2.45, 2.75) is 136 Å². The number of allylic oxidation sites excluding steroid dienone is 6. The van der Waals surface area contributed by atoms with Gasteiger partial charge in [0, 0.05) is 77.8 Å². The fourth-order valence-corrected chi connectivity index (χ4v) is 8.10. The lowest BCUT2D eigenvalue weighted by atomic mass is 9.96. The van der Waals surface area contributed by atoms with Gasteiger partial charge in [0.05, 0.1) is 5.97 Å². The monoisotopic (exact) mass is 883 g/mol. The van der Waals surface area contributed by atoms with Crippen molar-refractivity contribution in [2.75, 3.05) is 40.8 Å². The quantitative estimate of drug-likeness (QED) is 0.188. The lowest BCUT2D eigenvalue weighted by Crippen LogP contribution is -2.54. The molecule has 3 saturated heterocycles. The molecule has 1 N–H and O–H groups in total. The van der Waals surface area contributed by atoms with E-state index in [2.05, 4.69) is 183 Å². The molecule has 3 atom stereocenters. The van der Waals surface area contributed by atoms with Crippen LogP contribution in [0, 0.1) is 0 Å². The van der Waals surface area contributed by atoms with E-state index in [0.29, 0.717) is 18.1 Å². The molecular weight excluding hydrogens is 809 g/mol. The molecule has 3 aliphatic rings. The molecule has 64 heavy (non-hydrogen) atoms. The highest BCUT2D eigenvalue weighted by atomic mass is 16.4. The van der Waals surface area contributed by atoms with Gasteiger partial charge in [-0.25, -0.2) is 13.7 Å². The average Bonchev–Trinajstić information content (AvgIpc) is 3.99. The van der Waals surface area contributed by atoms with E-state index in [-0.39, 0.29) is 0 Å². The average molecular weight is 883 g/mol. The van der Waals surface area contributed by atoms with Crippen molar-refractivity contribution in [1.29, 1.82) is 0 Å². The number of nitrogens with zero attached hydrogens (tertiary/aromatic N) is 6. The Labute approximate surface area is 382 Å². The first-order valence-corrected chi connectivity index (χ1v) is 22.6. The summed E-state index contributed by atoms with van der Waals surface area (Å²) in [6.45, 7) is 19.5. The summed E-state index contributed by atoms with van der Waals surface area (Å²) >= 11 is 0. The third kappa shape index (κ3) is 18.6. The summed E-state index contributed by atoms with van der Waals surface area (Å²) in [6, 6.07) is 15.1. The Bertz CT molecular complexity index is 1850. The molecule has 0 spiro atoms. The van der Waals surface area contributed by atoms with Crippen LogP contribution in [0.2, 0.25) is 0 Å². The topological polar surface area (TPSA) is 162 Å². The van der Waals surface area contributed by atoms with Gasteiger partial charge in [-0.15, -0.1) is 0 Å². The minimum Gasteiger partial charge on any atom is -0.550 e. The van der Waals surface area contributed by atoms with Crippen LogP contribution in [0.3, 0.4) is 0 Å². The number of likely N-dealkylation sites (tertiary alicyclic amines) is 3. The van der Waals surface area contributed by atoms with Crippen molar-refractivity contribution < 1.29 is 48.5 Å². The van der Waals surface area contributed by atoms with Crippen LogP contribution >= 0.6 is 0 Å². The predicted octanol–water partition coefficient (Wildman–Crippen LogP) is 2.87. The highest BCUT2D eigenvalue weighted by Gasteiger charge is 2.29. The van der Waals surface area contributed by atoms with E-state index in [1.165, 1.54) is 91.6 Å². The summed E-state index contributed by atoms with van der Waals surface area (Å²) < 4.78 is 6.82. The number of rotatable bonds is 14. The SMILES string of the molecule is CC(C)=CC[n+]1cccc([C@@H]2CCCN2C)c1.CC(C)=CC[n+]1cccc([C@@H]2CCCN2C)c1.CC(C)=CC[n+]1cccc([C@@H]2CCCN2C)c1.O=C([O-])CC(O)(CC(=O)[O-])C(=O)[O-]. The maximum atomic E-state index is 10.1. The van der Waals surface area contributed by atoms with E-state index in [9.17, 15) is 29.7 Å². The maximum Gasteiger partial charge on any atom is 0.173 e. The van der Waals surface area contributed by atoms with E-state index in [0.717, 1.165) is 19.6 Å². The molecule has 0 radical (unpaired) electrons. The summed E-state index contributed by atoms with van der Waals surface area (Å²) in [7, 11) is 6.68. The lowest BCUT2D eigenvalue weighted by Gasteiger charge is -2.29. The number of hydrogen-bond acceptors (Lipinski definition) is 10. The Balaban J connectivity index is 0.000000228.